The molecule has 0 saturated carbocycles. The molecule has 0 unspecified atom stereocenters. The molecule has 298 valence electrons. The molecule has 0 heterocycles. The van der Waals surface area contributed by atoms with Gasteiger partial charge in [0.1, 0.15) is 0 Å². The van der Waals surface area contributed by atoms with Crippen LogP contribution in [0.25, 0.3) is 45.8 Å². The molecule has 0 aromatic heterocycles. The zero-order valence-electron chi connectivity index (χ0n) is 34.7. The van der Waals surface area contributed by atoms with Crippen molar-refractivity contribution in [3.8, 4) is 0 Å². The Morgan fingerprint density at radius 3 is 1.14 bits per heavy atom. The third-order valence-electron chi connectivity index (χ3n) is 11.6. The quantitative estimate of drug-likeness (QED) is 0.0224. The van der Waals surface area contributed by atoms with Gasteiger partial charge in [0.15, 0.2) is 0 Å². The molecule has 5 rings (SSSR count). The molecule has 5 aromatic rings. The van der Waals surface area contributed by atoms with E-state index >= 15 is 0 Å². The van der Waals surface area contributed by atoms with E-state index in [2.05, 4.69) is 162 Å². The Morgan fingerprint density at radius 2 is 0.750 bits per heavy atom. The number of unbranched alkanes of at least 4 members (excludes halogenated alkanes) is 18. The Morgan fingerprint density at radius 1 is 0.411 bits per heavy atom. The average Bonchev–Trinajstić information content (AvgIpc) is 3.22. The minimum Gasteiger partial charge on any atom is -0.0654 e. The van der Waals surface area contributed by atoms with Gasteiger partial charge < -0.3 is 0 Å². The van der Waals surface area contributed by atoms with Crippen molar-refractivity contribution in [1.29, 1.82) is 0 Å². The molecule has 0 atom stereocenters. The highest BCUT2D eigenvalue weighted by Crippen LogP contribution is 2.40. The second kappa shape index (κ2) is 25.6. The van der Waals surface area contributed by atoms with Gasteiger partial charge in [-0.05, 0) is 131 Å². The summed E-state index contributed by atoms with van der Waals surface area (Å²) in [7, 11) is 0. The lowest BCUT2D eigenvalue weighted by atomic mass is 9.86. The second-order valence-corrected chi connectivity index (χ2v) is 18.2. The van der Waals surface area contributed by atoms with Crippen LogP contribution in [-0.2, 0) is 12.8 Å². The van der Waals surface area contributed by atoms with E-state index in [0.29, 0.717) is 0 Å². The summed E-state index contributed by atoms with van der Waals surface area (Å²) in [4.78, 5) is 0. The first-order chi connectivity index (χ1) is 27.6. The number of halogens is 2. The Bertz CT molecular complexity index is 1800. The molecule has 0 bridgehead atoms. The summed E-state index contributed by atoms with van der Waals surface area (Å²) in [5.41, 5.74) is 8.26. The van der Waals surface area contributed by atoms with Crippen LogP contribution in [0.4, 0.5) is 0 Å². The molecule has 0 N–H and O–H groups in total. The van der Waals surface area contributed by atoms with E-state index < -0.39 is 0 Å². The summed E-state index contributed by atoms with van der Waals surface area (Å²) in [5.74, 6) is 0. The number of benzene rings is 5. The summed E-state index contributed by atoms with van der Waals surface area (Å²) in [5, 5.41) is 5.37. The summed E-state index contributed by atoms with van der Waals surface area (Å²) in [6, 6.07) is 31.6. The van der Waals surface area contributed by atoms with E-state index in [4.69, 9.17) is 0 Å². The van der Waals surface area contributed by atoms with Crippen molar-refractivity contribution in [1.82, 2.24) is 0 Å². The van der Waals surface area contributed by atoms with Gasteiger partial charge in [0, 0.05) is 8.04 Å². The SMILES string of the molecule is CCCCCCCCCCCCc1cc2c(C=Cc3ccccc3)c3cc(Br)c(I)cc3c(C=Cc3ccccc3)c2cc1CCCCCCCCCCCC. The van der Waals surface area contributed by atoms with Crippen LogP contribution < -0.4 is 0 Å². The summed E-state index contributed by atoms with van der Waals surface area (Å²) >= 11 is 6.42. The van der Waals surface area contributed by atoms with E-state index in [0.717, 1.165) is 4.47 Å². The number of rotatable bonds is 26. The normalized spacial score (nSPS) is 11.9. The van der Waals surface area contributed by atoms with Gasteiger partial charge in [0.25, 0.3) is 0 Å². The van der Waals surface area contributed by atoms with Crippen LogP contribution in [0.2, 0.25) is 0 Å². The molecule has 0 aliphatic heterocycles. The van der Waals surface area contributed by atoms with Gasteiger partial charge in [0.05, 0.1) is 0 Å². The van der Waals surface area contributed by atoms with Gasteiger partial charge in [-0.3, -0.25) is 0 Å². The highest BCUT2D eigenvalue weighted by atomic mass is 127. The zero-order valence-corrected chi connectivity index (χ0v) is 38.4. The number of fused-ring (bicyclic) bond motifs is 2. The van der Waals surface area contributed by atoms with E-state index in [1.807, 2.05) is 0 Å². The van der Waals surface area contributed by atoms with Crippen molar-refractivity contribution in [2.24, 2.45) is 0 Å². The third kappa shape index (κ3) is 14.3. The van der Waals surface area contributed by atoms with Crippen molar-refractivity contribution < 1.29 is 0 Å². The molecule has 5 aromatic carbocycles. The fourth-order valence-corrected chi connectivity index (χ4v) is 9.15. The molecule has 0 saturated heterocycles. The van der Waals surface area contributed by atoms with Crippen LogP contribution in [0.5, 0.6) is 0 Å². The Hall–Kier alpha value is -2.69. The maximum Gasteiger partial charge on any atom is 0.0315 e. The number of aryl methyl sites for hydroxylation is 2. The van der Waals surface area contributed by atoms with E-state index in [9.17, 15) is 0 Å². The highest BCUT2D eigenvalue weighted by Gasteiger charge is 2.17. The highest BCUT2D eigenvalue weighted by molar-refractivity contribution is 14.1. The van der Waals surface area contributed by atoms with Crippen molar-refractivity contribution in [2.75, 3.05) is 0 Å². The fraction of sp³-hybridized carbons (Fsp3) is 0.444. The Balaban J connectivity index is 1.49. The van der Waals surface area contributed by atoms with Gasteiger partial charge in [0.2, 0.25) is 0 Å². The van der Waals surface area contributed by atoms with Crippen LogP contribution in [0.3, 0.4) is 0 Å². The molecule has 0 radical (unpaired) electrons. The maximum absolute atomic E-state index is 3.93. The largest absolute Gasteiger partial charge is 0.0654 e. The minimum atomic E-state index is 1.15. The van der Waals surface area contributed by atoms with Crippen molar-refractivity contribution in [2.45, 2.75) is 155 Å². The van der Waals surface area contributed by atoms with Crippen molar-refractivity contribution in [3.63, 3.8) is 0 Å². The molecule has 0 amide bonds. The minimum absolute atomic E-state index is 1.15. The maximum atomic E-state index is 3.93. The van der Waals surface area contributed by atoms with Crippen LogP contribution in [0.1, 0.15) is 176 Å². The first kappa shape index (κ1) is 44.4. The van der Waals surface area contributed by atoms with Crippen LogP contribution in [-0.4, -0.2) is 0 Å². The molecular weight excluding hydrogens is 855 g/mol. The number of hydrogen-bond donors (Lipinski definition) is 0. The van der Waals surface area contributed by atoms with E-state index in [1.54, 1.807) is 11.1 Å². The monoisotopic (exact) mass is 922 g/mol. The van der Waals surface area contributed by atoms with Gasteiger partial charge in [-0.25, -0.2) is 0 Å². The molecule has 56 heavy (non-hydrogen) atoms. The van der Waals surface area contributed by atoms with Gasteiger partial charge >= 0.3 is 0 Å². The summed E-state index contributed by atoms with van der Waals surface area (Å²) in [6.07, 6.45) is 39.2. The predicted molar refractivity (Wildman–Crippen MR) is 264 cm³/mol. The Kier molecular flexibility index (Phi) is 20.3. The van der Waals surface area contributed by atoms with Crippen LogP contribution in [0, 0.1) is 3.57 Å². The van der Waals surface area contributed by atoms with Gasteiger partial charge in [-0.1, -0.05) is 227 Å². The lowest BCUT2D eigenvalue weighted by Crippen LogP contribution is -1.99. The van der Waals surface area contributed by atoms with Crippen LogP contribution >= 0.6 is 38.5 Å². The molecule has 0 aliphatic rings. The zero-order chi connectivity index (χ0) is 39.2. The lowest BCUT2D eigenvalue weighted by Gasteiger charge is -2.19. The molecule has 0 nitrogen and oxygen atoms in total. The average molecular weight is 924 g/mol. The lowest BCUT2D eigenvalue weighted by molar-refractivity contribution is 0.553. The summed E-state index contributed by atoms with van der Waals surface area (Å²) < 4.78 is 2.39. The fourth-order valence-electron chi connectivity index (χ4n) is 8.34. The van der Waals surface area contributed by atoms with Gasteiger partial charge in [-0.2, -0.15) is 0 Å². The molecular formula is C54H68BrI. The first-order valence-corrected chi connectivity index (χ1v) is 24.3. The van der Waals surface area contributed by atoms with Crippen molar-refractivity contribution in [3.05, 3.63) is 126 Å². The van der Waals surface area contributed by atoms with E-state index in [-0.39, 0.29) is 0 Å². The smallest absolute Gasteiger partial charge is 0.0315 e. The topological polar surface area (TPSA) is 0 Å². The van der Waals surface area contributed by atoms with E-state index in [1.165, 1.54) is 189 Å². The molecule has 0 fully saturated rings. The molecule has 0 spiro atoms. The molecule has 2 heteroatoms. The van der Waals surface area contributed by atoms with Gasteiger partial charge in [-0.15, -0.1) is 0 Å². The first-order valence-electron chi connectivity index (χ1n) is 22.5. The van der Waals surface area contributed by atoms with Crippen LogP contribution in [0.15, 0.2) is 89.4 Å². The standard InChI is InChI=1S/C54H68BrI/c1-3-5-7-9-11-13-15-17-19-27-33-45-39-49-47(37-35-43-29-23-21-24-30-43)51-41-53(55)54(56)42-52(51)48(38-36-44-31-25-22-26-32-44)50(49)40-46(45)34-28-20-18-16-14-12-10-8-6-4-2/h21-26,29-32,35-42H,3-20,27-28,33-34H2,1-2H3. The third-order valence-corrected chi connectivity index (χ3v) is 13.9. The summed E-state index contributed by atoms with van der Waals surface area (Å²) in [6.45, 7) is 4.62. The number of hydrogen-bond acceptors (Lipinski definition) is 0. The molecule has 0 aliphatic carbocycles. The van der Waals surface area contributed by atoms with Crippen molar-refractivity contribution >= 4 is 84.4 Å². The second-order valence-electron chi connectivity index (χ2n) is 16.2. The predicted octanol–water partition coefficient (Wildman–Crippen LogP) is 18.6. The Labute approximate surface area is 363 Å².